The molecule has 0 radical (unpaired) electrons. The molecule has 0 fully saturated rings. The summed E-state index contributed by atoms with van der Waals surface area (Å²) in [5.41, 5.74) is 0.513. The van der Waals surface area contributed by atoms with Gasteiger partial charge in [0.05, 0.1) is 5.75 Å². The average Bonchev–Trinajstić information content (AvgIpc) is 2.95. The van der Waals surface area contributed by atoms with Crippen molar-refractivity contribution in [3.05, 3.63) is 35.6 Å². The Balaban J connectivity index is 1.86. The first-order valence-electron chi connectivity index (χ1n) is 6.08. The van der Waals surface area contributed by atoms with E-state index in [1.165, 1.54) is 45.8 Å². The number of hydrogen-bond donors (Lipinski definition) is 0. The summed E-state index contributed by atoms with van der Waals surface area (Å²) in [6, 6.07) is 6.47. The lowest BCUT2D eigenvalue weighted by Crippen LogP contribution is -2.28. The van der Waals surface area contributed by atoms with E-state index in [2.05, 4.69) is 10.2 Å². The van der Waals surface area contributed by atoms with Crippen LogP contribution in [0.3, 0.4) is 0 Å². The van der Waals surface area contributed by atoms with Crippen molar-refractivity contribution in [3.8, 4) is 0 Å². The highest BCUT2D eigenvalue weighted by molar-refractivity contribution is 8.03. The lowest BCUT2D eigenvalue weighted by Gasteiger charge is -2.17. The summed E-state index contributed by atoms with van der Waals surface area (Å²) in [7, 11) is 1.67. The maximum absolute atomic E-state index is 13.5. The summed E-state index contributed by atoms with van der Waals surface area (Å²) in [5.74, 6) is -0.0868. The van der Waals surface area contributed by atoms with Crippen molar-refractivity contribution in [2.75, 3.05) is 19.1 Å². The smallest absolute Gasteiger partial charge is 0.233 e. The van der Waals surface area contributed by atoms with E-state index in [0.29, 0.717) is 5.56 Å². The van der Waals surface area contributed by atoms with E-state index in [1.54, 1.807) is 25.2 Å². The Bertz CT molecular complexity index is 620. The monoisotopic (exact) mass is 343 g/mol. The summed E-state index contributed by atoms with van der Waals surface area (Å²) < 4.78 is 15.2. The molecule has 2 aromatic rings. The van der Waals surface area contributed by atoms with Gasteiger partial charge in [0.25, 0.3) is 0 Å². The molecule has 0 saturated heterocycles. The van der Waals surface area contributed by atoms with Crippen LogP contribution in [0.15, 0.2) is 32.9 Å². The second kappa shape index (κ2) is 7.77. The van der Waals surface area contributed by atoms with Gasteiger partial charge in [0.15, 0.2) is 8.68 Å². The Morgan fingerprint density at radius 2 is 2.05 bits per heavy atom. The molecule has 8 heteroatoms. The molecule has 112 valence electrons. The van der Waals surface area contributed by atoms with Crippen LogP contribution in [0.4, 0.5) is 4.39 Å². The molecule has 2 rings (SSSR count). The topological polar surface area (TPSA) is 46.1 Å². The number of aromatic nitrogens is 2. The van der Waals surface area contributed by atoms with E-state index in [9.17, 15) is 9.18 Å². The van der Waals surface area contributed by atoms with Gasteiger partial charge in [-0.3, -0.25) is 4.79 Å². The quantitative estimate of drug-likeness (QED) is 0.754. The van der Waals surface area contributed by atoms with E-state index in [0.717, 1.165) is 8.68 Å². The van der Waals surface area contributed by atoms with Gasteiger partial charge in [0.2, 0.25) is 5.91 Å². The first kappa shape index (κ1) is 16.3. The minimum absolute atomic E-state index is 0.0656. The molecule has 1 amide bonds. The van der Waals surface area contributed by atoms with Crippen molar-refractivity contribution >= 4 is 40.8 Å². The Morgan fingerprint density at radius 1 is 1.33 bits per heavy atom. The zero-order valence-corrected chi connectivity index (χ0v) is 14.0. The molecule has 0 saturated carbocycles. The molecule has 0 aliphatic rings. The highest BCUT2D eigenvalue weighted by Crippen LogP contribution is 2.27. The molecule has 0 aliphatic heterocycles. The minimum Gasteiger partial charge on any atom is -0.341 e. The summed E-state index contributed by atoms with van der Waals surface area (Å²) in [4.78, 5) is 13.6. The molecular formula is C13H14FN3OS3. The molecule has 0 aliphatic carbocycles. The first-order valence-corrected chi connectivity index (χ1v) is 9.10. The number of rotatable bonds is 6. The van der Waals surface area contributed by atoms with Gasteiger partial charge in [-0.05, 0) is 12.3 Å². The van der Waals surface area contributed by atoms with Crippen LogP contribution >= 0.6 is 34.9 Å². The van der Waals surface area contributed by atoms with E-state index in [4.69, 9.17) is 0 Å². The number of amides is 1. The van der Waals surface area contributed by atoms with Gasteiger partial charge in [0, 0.05) is 19.2 Å². The highest BCUT2D eigenvalue weighted by atomic mass is 32.2. The van der Waals surface area contributed by atoms with Gasteiger partial charge < -0.3 is 4.90 Å². The van der Waals surface area contributed by atoms with E-state index >= 15 is 0 Å². The Hall–Kier alpha value is -1.12. The number of halogens is 1. The average molecular weight is 343 g/mol. The van der Waals surface area contributed by atoms with Crippen LogP contribution in [-0.4, -0.2) is 40.1 Å². The summed E-state index contributed by atoms with van der Waals surface area (Å²) in [6.45, 7) is 0.262. The van der Waals surface area contributed by atoms with Gasteiger partial charge in [-0.1, -0.05) is 53.1 Å². The summed E-state index contributed by atoms with van der Waals surface area (Å²) >= 11 is 4.35. The SMILES string of the molecule is CSc1nnc(SCC(=O)N(C)Cc2ccccc2F)s1. The number of carbonyl (C=O) groups excluding carboxylic acids is 1. The van der Waals surface area contributed by atoms with Crippen LogP contribution in [0, 0.1) is 5.82 Å². The number of thioether (sulfide) groups is 2. The van der Waals surface area contributed by atoms with E-state index in [1.807, 2.05) is 6.26 Å². The number of benzene rings is 1. The predicted molar refractivity (Wildman–Crippen MR) is 85.3 cm³/mol. The molecular weight excluding hydrogens is 329 g/mol. The van der Waals surface area contributed by atoms with Crippen LogP contribution < -0.4 is 0 Å². The van der Waals surface area contributed by atoms with Crippen molar-refractivity contribution in [2.45, 2.75) is 15.2 Å². The summed E-state index contributed by atoms with van der Waals surface area (Å²) in [6.07, 6.45) is 1.93. The van der Waals surface area contributed by atoms with Crippen LogP contribution in [0.25, 0.3) is 0 Å². The van der Waals surface area contributed by atoms with Crippen LogP contribution in [-0.2, 0) is 11.3 Å². The van der Waals surface area contributed by atoms with Crippen LogP contribution in [0.2, 0.25) is 0 Å². The normalized spacial score (nSPS) is 10.6. The van der Waals surface area contributed by atoms with Crippen LogP contribution in [0.5, 0.6) is 0 Å². The van der Waals surface area contributed by atoms with Gasteiger partial charge in [-0.15, -0.1) is 10.2 Å². The lowest BCUT2D eigenvalue weighted by atomic mass is 10.2. The zero-order chi connectivity index (χ0) is 15.2. The number of carbonyl (C=O) groups is 1. The molecule has 0 spiro atoms. The van der Waals surface area contributed by atoms with Crippen molar-refractivity contribution < 1.29 is 9.18 Å². The Morgan fingerprint density at radius 3 is 2.71 bits per heavy atom. The third-order valence-electron chi connectivity index (χ3n) is 2.67. The molecule has 1 aromatic carbocycles. The Kier molecular flexibility index (Phi) is 6.01. The summed E-state index contributed by atoms with van der Waals surface area (Å²) in [5, 5.41) is 7.97. The predicted octanol–water partition coefficient (Wildman–Crippen LogP) is 3.15. The fourth-order valence-electron chi connectivity index (χ4n) is 1.54. The number of nitrogens with zero attached hydrogens (tertiary/aromatic N) is 3. The van der Waals surface area contributed by atoms with Crippen molar-refractivity contribution in [1.82, 2.24) is 15.1 Å². The van der Waals surface area contributed by atoms with Crippen molar-refractivity contribution in [3.63, 3.8) is 0 Å². The molecule has 0 bridgehead atoms. The van der Waals surface area contributed by atoms with Gasteiger partial charge in [-0.25, -0.2) is 4.39 Å². The fraction of sp³-hybridized carbons (Fsp3) is 0.308. The maximum atomic E-state index is 13.5. The lowest BCUT2D eigenvalue weighted by molar-refractivity contribution is -0.127. The third-order valence-corrected chi connectivity index (χ3v) is 5.69. The van der Waals surface area contributed by atoms with Gasteiger partial charge in [-0.2, -0.15) is 0 Å². The standard InChI is InChI=1S/C13H14FN3OS3/c1-17(7-9-5-3-4-6-10(9)14)11(18)8-20-13-16-15-12(19-2)21-13/h3-6H,7-8H2,1-2H3. The molecule has 0 atom stereocenters. The van der Waals surface area contributed by atoms with Gasteiger partial charge >= 0.3 is 0 Å². The highest BCUT2D eigenvalue weighted by Gasteiger charge is 2.13. The molecule has 4 nitrogen and oxygen atoms in total. The second-order valence-electron chi connectivity index (χ2n) is 4.17. The second-order valence-corrected chi connectivity index (χ2v) is 7.42. The van der Waals surface area contributed by atoms with Gasteiger partial charge in [0.1, 0.15) is 5.82 Å². The number of hydrogen-bond acceptors (Lipinski definition) is 6. The minimum atomic E-state index is -0.293. The Labute approximate surface area is 135 Å². The van der Waals surface area contributed by atoms with Crippen LogP contribution in [0.1, 0.15) is 5.56 Å². The molecule has 21 heavy (non-hydrogen) atoms. The molecule has 1 heterocycles. The first-order chi connectivity index (χ1) is 10.1. The zero-order valence-electron chi connectivity index (χ0n) is 11.6. The van der Waals surface area contributed by atoms with E-state index in [-0.39, 0.29) is 24.0 Å². The van der Waals surface area contributed by atoms with Crippen molar-refractivity contribution in [2.24, 2.45) is 0 Å². The molecule has 0 unspecified atom stereocenters. The van der Waals surface area contributed by atoms with E-state index < -0.39 is 0 Å². The van der Waals surface area contributed by atoms with Crippen molar-refractivity contribution in [1.29, 1.82) is 0 Å². The fourth-order valence-corrected chi connectivity index (χ4v) is 3.92. The molecule has 1 aromatic heterocycles. The largest absolute Gasteiger partial charge is 0.341 e. The third kappa shape index (κ3) is 4.69. The maximum Gasteiger partial charge on any atom is 0.233 e. The molecule has 0 N–H and O–H groups in total.